The SMILES string of the molecule is O=S(=O)(OS(c1ccccc1)(c1ccccc1)c1cccc2ccccc12)C(F)(F)C(F)(F)C(F)(F)C(F)(F)F. The van der Waals surface area contributed by atoms with E-state index in [1.54, 1.807) is 18.2 Å². The minimum Gasteiger partial charge on any atom is -0.202 e. The van der Waals surface area contributed by atoms with Gasteiger partial charge < -0.3 is 0 Å². The minimum absolute atomic E-state index is 0.117. The van der Waals surface area contributed by atoms with Crippen molar-refractivity contribution in [3.8, 4) is 0 Å². The summed E-state index contributed by atoms with van der Waals surface area (Å²) >= 11 is 0. The van der Waals surface area contributed by atoms with Crippen LogP contribution in [0, 0.1) is 0 Å². The number of fused-ring (bicyclic) bond motifs is 1. The topological polar surface area (TPSA) is 43.4 Å². The van der Waals surface area contributed by atoms with Crippen LogP contribution in [0.5, 0.6) is 0 Å². The molecule has 4 rings (SSSR count). The normalized spacial score (nSPS) is 14.3. The van der Waals surface area contributed by atoms with E-state index in [4.69, 9.17) is 3.63 Å². The molecule has 0 N–H and O–H groups in total. The van der Waals surface area contributed by atoms with Gasteiger partial charge in [-0.1, -0.05) is 72.8 Å². The highest BCUT2D eigenvalue weighted by molar-refractivity contribution is 8.33. The molecule has 0 spiro atoms. The number of hydrogen-bond acceptors (Lipinski definition) is 3. The Balaban J connectivity index is 2.08. The first kappa shape index (κ1) is 29.7. The first-order chi connectivity index (χ1) is 18.5. The zero-order valence-electron chi connectivity index (χ0n) is 19.8. The second kappa shape index (κ2) is 10.00. The van der Waals surface area contributed by atoms with Crippen molar-refractivity contribution >= 4 is 31.2 Å². The summed E-state index contributed by atoms with van der Waals surface area (Å²) in [5.74, 6) is -14.9. The van der Waals surface area contributed by atoms with Gasteiger partial charge in [-0.25, -0.2) is 3.63 Å². The lowest BCUT2D eigenvalue weighted by Gasteiger charge is -2.42. The largest absolute Gasteiger partial charge is 0.460 e. The van der Waals surface area contributed by atoms with Gasteiger partial charge in [0.25, 0.3) is 0 Å². The van der Waals surface area contributed by atoms with Gasteiger partial charge in [0.2, 0.25) is 0 Å². The second-order valence-electron chi connectivity index (χ2n) is 8.35. The molecule has 0 heterocycles. The molecular formula is C26H17F9O3S2. The number of halogens is 9. The Morgan fingerprint density at radius 3 is 1.48 bits per heavy atom. The maximum atomic E-state index is 15.0. The lowest BCUT2D eigenvalue weighted by molar-refractivity contribution is -0.382. The highest BCUT2D eigenvalue weighted by Crippen LogP contribution is 2.72. The Labute approximate surface area is 223 Å². The molecule has 0 bridgehead atoms. The molecule has 0 saturated heterocycles. The molecule has 0 aliphatic carbocycles. The second-order valence-corrected chi connectivity index (χ2v) is 12.8. The summed E-state index contributed by atoms with van der Waals surface area (Å²) in [6, 6.07) is 23.6. The fourth-order valence-corrected chi connectivity index (χ4v) is 9.28. The van der Waals surface area contributed by atoms with Gasteiger partial charge in [0, 0.05) is 14.7 Å². The molecule has 3 nitrogen and oxygen atoms in total. The quantitative estimate of drug-likeness (QED) is 0.187. The molecule has 0 unspecified atom stereocenters. The van der Waals surface area contributed by atoms with Crippen LogP contribution in [-0.4, -0.2) is 31.7 Å². The van der Waals surface area contributed by atoms with E-state index < -0.39 is 43.7 Å². The summed E-state index contributed by atoms with van der Waals surface area (Å²) in [5, 5.41) is -6.38. The van der Waals surface area contributed by atoms with Gasteiger partial charge in [0.1, 0.15) is 0 Å². The van der Waals surface area contributed by atoms with Crippen molar-refractivity contribution in [1.29, 1.82) is 0 Å². The first-order valence-corrected chi connectivity index (χ1v) is 14.0. The third-order valence-electron chi connectivity index (χ3n) is 5.83. The molecule has 0 aliphatic heterocycles. The van der Waals surface area contributed by atoms with Gasteiger partial charge in [-0.3, -0.25) is 0 Å². The lowest BCUT2D eigenvalue weighted by Crippen LogP contribution is -2.63. The fraction of sp³-hybridized carbons (Fsp3) is 0.154. The van der Waals surface area contributed by atoms with E-state index in [-0.39, 0.29) is 20.1 Å². The van der Waals surface area contributed by atoms with E-state index in [2.05, 4.69) is 0 Å². The molecule has 40 heavy (non-hydrogen) atoms. The fourth-order valence-electron chi connectivity index (χ4n) is 3.87. The van der Waals surface area contributed by atoms with Crippen LogP contribution in [0.3, 0.4) is 0 Å². The Hall–Kier alpha value is -3.23. The third-order valence-corrected chi connectivity index (χ3v) is 11.1. The predicted octanol–water partition coefficient (Wildman–Crippen LogP) is 8.81. The van der Waals surface area contributed by atoms with Crippen molar-refractivity contribution in [2.24, 2.45) is 0 Å². The van der Waals surface area contributed by atoms with Crippen LogP contribution in [0.15, 0.2) is 118 Å². The van der Waals surface area contributed by atoms with Crippen LogP contribution < -0.4 is 0 Å². The number of hydrogen-bond donors (Lipinski definition) is 0. The van der Waals surface area contributed by atoms with E-state index in [1.165, 1.54) is 84.9 Å². The first-order valence-electron chi connectivity index (χ1n) is 11.1. The van der Waals surface area contributed by atoms with Crippen LogP contribution in [0.25, 0.3) is 10.8 Å². The van der Waals surface area contributed by atoms with Gasteiger partial charge in [0.05, 0.1) is 0 Å². The molecule has 4 aromatic carbocycles. The third kappa shape index (κ3) is 4.51. The lowest BCUT2D eigenvalue weighted by atomic mass is 10.1. The Kier molecular flexibility index (Phi) is 7.43. The number of rotatable bonds is 8. The maximum absolute atomic E-state index is 15.0. The Morgan fingerprint density at radius 1 is 0.525 bits per heavy atom. The molecular weight excluding hydrogens is 595 g/mol. The van der Waals surface area contributed by atoms with Crippen molar-refractivity contribution in [2.45, 2.75) is 38.0 Å². The molecule has 4 aromatic rings. The highest BCUT2D eigenvalue weighted by Gasteiger charge is 2.86. The number of alkyl halides is 9. The molecule has 214 valence electrons. The average molecular weight is 613 g/mol. The van der Waals surface area contributed by atoms with Crippen LogP contribution in [0.4, 0.5) is 39.5 Å². The zero-order chi connectivity index (χ0) is 29.6. The summed E-state index contributed by atoms with van der Waals surface area (Å²) in [4.78, 5) is -0.418. The van der Waals surface area contributed by atoms with Crippen LogP contribution in [0.1, 0.15) is 0 Å². The van der Waals surface area contributed by atoms with Gasteiger partial charge in [-0.15, -0.1) is 0 Å². The molecule has 0 radical (unpaired) electrons. The van der Waals surface area contributed by atoms with E-state index in [9.17, 15) is 47.9 Å². The Morgan fingerprint density at radius 2 is 0.975 bits per heavy atom. The van der Waals surface area contributed by atoms with Crippen molar-refractivity contribution in [3.05, 3.63) is 103 Å². The van der Waals surface area contributed by atoms with Crippen molar-refractivity contribution in [1.82, 2.24) is 0 Å². The molecule has 0 aromatic heterocycles. The van der Waals surface area contributed by atoms with Crippen molar-refractivity contribution < 1.29 is 51.6 Å². The average Bonchev–Trinajstić information content (AvgIpc) is 2.91. The van der Waals surface area contributed by atoms with E-state index >= 15 is 0 Å². The minimum atomic E-state index is -7.45. The molecule has 0 atom stereocenters. The van der Waals surface area contributed by atoms with Crippen LogP contribution in [-0.2, 0) is 13.7 Å². The van der Waals surface area contributed by atoms with Gasteiger partial charge in [-0.2, -0.15) is 47.9 Å². The molecule has 0 aliphatic rings. The van der Waals surface area contributed by atoms with Gasteiger partial charge in [-0.05, 0) is 51.4 Å². The summed E-state index contributed by atoms with van der Waals surface area (Å²) in [7, 11) is -11.3. The summed E-state index contributed by atoms with van der Waals surface area (Å²) in [6.45, 7) is 0. The van der Waals surface area contributed by atoms with Crippen molar-refractivity contribution in [2.75, 3.05) is 0 Å². The maximum Gasteiger partial charge on any atom is 0.460 e. The van der Waals surface area contributed by atoms with Crippen molar-refractivity contribution in [3.63, 3.8) is 0 Å². The Bertz CT molecular complexity index is 1560. The zero-order valence-corrected chi connectivity index (χ0v) is 21.4. The predicted molar refractivity (Wildman–Crippen MR) is 130 cm³/mol. The molecule has 0 amide bonds. The highest BCUT2D eigenvalue weighted by atomic mass is 32.3. The smallest absolute Gasteiger partial charge is 0.202 e. The monoisotopic (exact) mass is 612 g/mol. The molecule has 0 fully saturated rings. The standard InChI is InChI=1S/C26H17F9O3S2/c27-23(28,25(31,32)33)24(29,30)26(34,35)40(36,37)38-39(19-12-3-1-4-13-19,20-14-5-2-6-15-20)22-17-9-11-18-10-7-8-16-21(18)22/h1-17H. The van der Waals surface area contributed by atoms with E-state index in [0.717, 1.165) is 0 Å². The van der Waals surface area contributed by atoms with Gasteiger partial charge in [0.15, 0.2) is 0 Å². The van der Waals surface area contributed by atoms with Crippen LogP contribution >= 0.6 is 10.3 Å². The summed E-state index contributed by atoms with van der Waals surface area (Å²) in [5.41, 5.74) is 0. The van der Waals surface area contributed by atoms with Crippen LogP contribution in [0.2, 0.25) is 0 Å². The van der Waals surface area contributed by atoms with E-state index in [1.807, 2.05) is 0 Å². The summed E-state index contributed by atoms with van der Waals surface area (Å²) < 4.78 is 155. The molecule has 14 heteroatoms. The summed E-state index contributed by atoms with van der Waals surface area (Å²) in [6.07, 6.45) is -7.21. The van der Waals surface area contributed by atoms with E-state index in [0.29, 0.717) is 5.39 Å². The number of benzene rings is 4. The van der Waals surface area contributed by atoms with Gasteiger partial charge >= 0.3 is 33.4 Å². The molecule has 0 saturated carbocycles.